The summed E-state index contributed by atoms with van der Waals surface area (Å²) in [6.07, 6.45) is 1.31. The van der Waals surface area contributed by atoms with Gasteiger partial charge >= 0.3 is 0 Å². The third-order valence-corrected chi connectivity index (χ3v) is 4.09. The molecule has 5 N–H and O–H groups in total. The van der Waals surface area contributed by atoms with Crippen LogP contribution in [0.1, 0.15) is 32.3 Å². The van der Waals surface area contributed by atoms with E-state index in [9.17, 15) is 13.2 Å². The van der Waals surface area contributed by atoms with E-state index < -0.39 is 15.6 Å². The van der Waals surface area contributed by atoms with E-state index in [0.29, 0.717) is 17.7 Å². The first-order valence-corrected chi connectivity index (χ1v) is 7.86. The zero-order valence-electron chi connectivity index (χ0n) is 12.3. The Morgan fingerprint density at radius 2 is 1.95 bits per heavy atom. The summed E-state index contributed by atoms with van der Waals surface area (Å²) < 4.78 is 22.9. The van der Waals surface area contributed by atoms with Gasteiger partial charge in [0.25, 0.3) is 0 Å². The minimum Gasteiger partial charge on any atom is -0.324 e. The first-order valence-electron chi connectivity index (χ1n) is 6.31. The summed E-state index contributed by atoms with van der Waals surface area (Å²) in [5.74, 6) is -0.358. The standard InChI is InChI=1S/C13H21N3O3S.ClH/c1-4-7-13(3,14)12(17)16-10-6-5-9(2)11(8-10)20(15,18)19;/h5-6,8H,4,7,14H2,1-3H3,(H,16,17)(H2,15,18,19);1H. The van der Waals surface area contributed by atoms with Crippen LogP contribution in [0, 0.1) is 6.92 Å². The van der Waals surface area contributed by atoms with Crippen LogP contribution in [0.4, 0.5) is 5.69 Å². The number of rotatable bonds is 5. The highest BCUT2D eigenvalue weighted by molar-refractivity contribution is 7.89. The lowest BCUT2D eigenvalue weighted by molar-refractivity contribution is -0.120. The maximum atomic E-state index is 12.1. The van der Waals surface area contributed by atoms with E-state index in [2.05, 4.69) is 5.32 Å². The highest BCUT2D eigenvalue weighted by atomic mass is 35.5. The van der Waals surface area contributed by atoms with Gasteiger partial charge in [-0.1, -0.05) is 19.4 Å². The minimum atomic E-state index is -3.82. The second kappa shape index (κ2) is 7.22. The Labute approximate surface area is 131 Å². The van der Waals surface area contributed by atoms with Crippen LogP contribution in [0.5, 0.6) is 0 Å². The second-order valence-electron chi connectivity index (χ2n) is 5.15. The third-order valence-electron chi connectivity index (χ3n) is 3.04. The molecular weight excluding hydrogens is 314 g/mol. The number of hydrogen-bond donors (Lipinski definition) is 3. The van der Waals surface area contributed by atoms with Crippen LogP contribution in [0.15, 0.2) is 23.1 Å². The molecule has 0 heterocycles. The van der Waals surface area contributed by atoms with Crippen LogP contribution < -0.4 is 16.2 Å². The zero-order valence-corrected chi connectivity index (χ0v) is 14.0. The van der Waals surface area contributed by atoms with Gasteiger partial charge in [-0.3, -0.25) is 4.79 Å². The molecule has 0 radical (unpaired) electrons. The molecule has 0 aromatic heterocycles. The molecule has 21 heavy (non-hydrogen) atoms. The fraction of sp³-hybridized carbons (Fsp3) is 0.462. The molecule has 1 aromatic carbocycles. The molecule has 0 aliphatic heterocycles. The van der Waals surface area contributed by atoms with Crippen LogP contribution in [0.3, 0.4) is 0 Å². The molecule has 0 spiro atoms. The Kier molecular flexibility index (Phi) is 6.82. The first-order chi connectivity index (χ1) is 9.08. The average Bonchev–Trinajstić information content (AvgIpc) is 2.30. The quantitative estimate of drug-likeness (QED) is 0.756. The number of anilines is 1. The smallest absolute Gasteiger partial charge is 0.244 e. The van der Waals surface area contributed by atoms with Crippen LogP contribution in [0.25, 0.3) is 0 Å². The zero-order chi connectivity index (χ0) is 15.6. The van der Waals surface area contributed by atoms with Gasteiger partial charge in [-0.2, -0.15) is 0 Å². The van der Waals surface area contributed by atoms with Crippen LogP contribution in [-0.2, 0) is 14.8 Å². The molecule has 1 aromatic rings. The van der Waals surface area contributed by atoms with Crippen molar-refractivity contribution in [3.05, 3.63) is 23.8 Å². The second-order valence-corrected chi connectivity index (χ2v) is 6.68. The predicted octanol–water partition coefficient (Wildman–Crippen LogP) is 1.52. The predicted molar refractivity (Wildman–Crippen MR) is 85.9 cm³/mol. The number of halogens is 1. The summed E-state index contributed by atoms with van der Waals surface area (Å²) in [5.41, 5.74) is 5.80. The van der Waals surface area contributed by atoms with E-state index >= 15 is 0 Å². The molecule has 0 fully saturated rings. The number of carbonyl (C=O) groups is 1. The normalized spacial score (nSPS) is 14.0. The molecule has 0 saturated heterocycles. The van der Waals surface area contributed by atoms with E-state index in [-0.39, 0.29) is 23.2 Å². The number of primary sulfonamides is 1. The maximum absolute atomic E-state index is 12.1. The van der Waals surface area contributed by atoms with Crippen molar-refractivity contribution in [2.24, 2.45) is 10.9 Å². The van der Waals surface area contributed by atoms with Crippen LogP contribution in [0.2, 0.25) is 0 Å². The summed E-state index contributed by atoms with van der Waals surface area (Å²) in [7, 11) is -3.82. The van der Waals surface area contributed by atoms with Gasteiger partial charge < -0.3 is 11.1 Å². The van der Waals surface area contributed by atoms with Crippen molar-refractivity contribution in [1.29, 1.82) is 0 Å². The Balaban J connectivity index is 0.00000400. The average molecular weight is 336 g/mol. The summed E-state index contributed by atoms with van der Waals surface area (Å²) in [5, 5.41) is 7.75. The minimum absolute atomic E-state index is 0. The summed E-state index contributed by atoms with van der Waals surface area (Å²) in [6.45, 7) is 5.21. The number of carbonyl (C=O) groups excluding carboxylic acids is 1. The number of aryl methyl sites for hydroxylation is 1. The molecule has 1 rings (SSSR count). The Bertz CT molecular complexity index is 615. The SMILES string of the molecule is CCCC(C)(N)C(=O)Nc1ccc(C)c(S(N)(=O)=O)c1.Cl. The van der Waals surface area contributed by atoms with Crippen molar-refractivity contribution in [2.45, 2.75) is 44.0 Å². The number of nitrogens with one attached hydrogen (secondary N) is 1. The maximum Gasteiger partial charge on any atom is 0.244 e. The van der Waals surface area contributed by atoms with Gasteiger partial charge in [0.1, 0.15) is 0 Å². The molecule has 1 atom stereocenters. The lowest BCUT2D eigenvalue weighted by atomic mass is 9.96. The van der Waals surface area contributed by atoms with Crippen LogP contribution >= 0.6 is 12.4 Å². The highest BCUT2D eigenvalue weighted by Crippen LogP contribution is 2.20. The van der Waals surface area contributed by atoms with Crippen molar-refractivity contribution < 1.29 is 13.2 Å². The van der Waals surface area contributed by atoms with Gasteiger partial charge in [-0.15, -0.1) is 12.4 Å². The summed E-state index contributed by atoms with van der Waals surface area (Å²) >= 11 is 0. The van der Waals surface area contributed by atoms with Gasteiger partial charge in [-0.05, 0) is 38.0 Å². The van der Waals surface area contributed by atoms with Gasteiger partial charge in [0.15, 0.2) is 0 Å². The van der Waals surface area contributed by atoms with E-state index in [1.807, 2.05) is 6.92 Å². The van der Waals surface area contributed by atoms with E-state index in [1.165, 1.54) is 6.07 Å². The summed E-state index contributed by atoms with van der Waals surface area (Å²) in [4.78, 5) is 12.0. The number of amides is 1. The van der Waals surface area contributed by atoms with Crippen molar-refractivity contribution in [3.8, 4) is 0 Å². The molecule has 120 valence electrons. The Morgan fingerprint density at radius 1 is 1.38 bits per heavy atom. The van der Waals surface area contributed by atoms with Gasteiger partial charge in [-0.25, -0.2) is 13.6 Å². The number of benzene rings is 1. The van der Waals surface area contributed by atoms with E-state index in [0.717, 1.165) is 6.42 Å². The van der Waals surface area contributed by atoms with Gasteiger partial charge in [0, 0.05) is 5.69 Å². The largest absolute Gasteiger partial charge is 0.324 e. The lowest BCUT2D eigenvalue weighted by Crippen LogP contribution is -2.48. The monoisotopic (exact) mass is 335 g/mol. The Morgan fingerprint density at radius 3 is 2.43 bits per heavy atom. The molecule has 0 aliphatic carbocycles. The topological polar surface area (TPSA) is 115 Å². The third kappa shape index (κ3) is 5.28. The number of hydrogen-bond acceptors (Lipinski definition) is 4. The van der Waals surface area contributed by atoms with E-state index in [4.69, 9.17) is 10.9 Å². The Hall–Kier alpha value is -1.15. The number of sulfonamides is 1. The van der Waals surface area contributed by atoms with Crippen molar-refractivity contribution in [1.82, 2.24) is 0 Å². The molecule has 8 heteroatoms. The molecule has 1 unspecified atom stereocenters. The fourth-order valence-electron chi connectivity index (χ4n) is 1.89. The van der Waals surface area contributed by atoms with Crippen LogP contribution in [-0.4, -0.2) is 19.9 Å². The molecule has 0 saturated carbocycles. The fourth-order valence-corrected chi connectivity index (χ4v) is 2.70. The van der Waals surface area contributed by atoms with Crippen molar-refractivity contribution >= 4 is 34.0 Å². The first kappa shape index (κ1) is 19.9. The van der Waals surface area contributed by atoms with Gasteiger partial charge in [0.05, 0.1) is 10.4 Å². The highest BCUT2D eigenvalue weighted by Gasteiger charge is 2.27. The molecule has 0 bridgehead atoms. The van der Waals surface area contributed by atoms with Crippen molar-refractivity contribution in [2.75, 3.05) is 5.32 Å². The van der Waals surface area contributed by atoms with E-state index in [1.54, 1.807) is 26.0 Å². The van der Waals surface area contributed by atoms with Crippen molar-refractivity contribution in [3.63, 3.8) is 0 Å². The number of nitrogens with two attached hydrogens (primary N) is 2. The van der Waals surface area contributed by atoms with Gasteiger partial charge in [0.2, 0.25) is 15.9 Å². The lowest BCUT2D eigenvalue weighted by Gasteiger charge is -2.23. The molecule has 0 aliphatic rings. The molecular formula is C13H22ClN3O3S. The molecule has 1 amide bonds. The summed E-state index contributed by atoms with van der Waals surface area (Å²) in [6, 6.07) is 4.54. The molecule has 6 nitrogen and oxygen atoms in total.